The number of hydrogen-bond acceptors (Lipinski definition) is 5. The molecular weight excluding hydrogens is 366 g/mol. The van der Waals surface area contributed by atoms with Gasteiger partial charge in [0.2, 0.25) is 0 Å². The Morgan fingerprint density at radius 3 is 2.46 bits per heavy atom. The number of rotatable bonds is 6. The molecule has 0 atom stereocenters. The van der Waals surface area contributed by atoms with Gasteiger partial charge in [0.1, 0.15) is 10.6 Å². The molecule has 1 N–H and O–H groups in total. The first-order chi connectivity index (χ1) is 12.6. The average Bonchev–Trinajstić information content (AvgIpc) is 3.32. The minimum absolute atomic E-state index is 0.222. The van der Waals surface area contributed by atoms with Crippen molar-refractivity contribution in [3.63, 3.8) is 0 Å². The van der Waals surface area contributed by atoms with Gasteiger partial charge in [-0.05, 0) is 35.9 Å². The molecule has 0 saturated heterocycles. The van der Waals surface area contributed by atoms with Crippen molar-refractivity contribution in [2.75, 3.05) is 11.9 Å². The van der Waals surface area contributed by atoms with Crippen molar-refractivity contribution in [1.82, 2.24) is 0 Å². The quantitative estimate of drug-likeness (QED) is 0.573. The highest BCUT2D eigenvalue weighted by Crippen LogP contribution is 2.36. The van der Waals surface area contributed by atoms with Gasteiger partial charge in [-0.2, -0.15) is 0 Å². The summed E-state index contributed by atoms with van der Waals surface area (Å²) in [7, 11) is 0. The van der Waals surface area contributed by atoms with Crippen molar-refractivity contribution >= 4 is 39.6 Å². The van der Waals surface area contributed by atoms with E-state index >= 15 is 0 Å². The van der Waals surface area contributed by atoms with Crippen molar-refractivity contribution in [1.29, 1.82) is 0 Å². The summed E-state index contributed by atoms with van der Waals surface area (Å²) in [6.07, 6.45) is 0.955. The fraction of sp³-hybridized carbons (Fsp3) is 0.200. The van der Waals surface area contributed by atoms with E-state index in [0.29, 0.717) is 15.4 Å². The molecular formula is C20H19NO3S2. The zero-order chi connectivity index (χ0) is 18.5. The van der Waals surface area contributed by atoms with E-state index in [1.54, 1.807) is 13.0 Å². The summed E-state index contributed by atoms with van der Waals surface area (Å²) in [5.41, 5.74) is 3.34. The lowest BCUT2D eigenvalue weighted by Crippen LogP contribution is -2.13. The molecule has 26 heavy (non-hydrogen) atoms. The highest BCUT2D eigenvalue weighted by atomic mass is 32.1. The van der Waals surface area contributed by atoms with E-state index in [9.17, 15) is 9.59 Å². The number of carbonyl (C=O) groups excluding carboxylic acids is 2. The van der Waals surface area contributed by atoms with Crippen LogP contribution in [0, 0.1) is 0 Å². The summed E-state index contributed by atoms with van der Waals surface area (Å²) in [6, 6.07) is 11.7. The normalized spacial score (nSPS) is 10.5. The Labute approximate surface area is 160 Å². The van der Waals surface area contributed by atoms with Crippen molar-refractivity contribution in [2.24, 2.45) is 0 Å². The summed E-state index contributed by atoms with van der Waals surface area (Å²) in [5.74, 6) is -0.648. The summed E-state index contributed by atoms with van der Waals surface area (Å²) in [5, 5.41) is 7.09. The number of aryl methyl sites for hydroxylation is 1. The molecule has 0 aliphatic carbocycles. The number of benzene rings is 1. The molecule has 0 fully saturated rings. The van der Waals surface area contributed by atoms with E-state index in [1.165, 1.54) is 28.2 Å². The van der Waals surface area contributed by atoms with Gasteiger partial charge in [0.15, 0.2) is 0 Å². The molecule has 3 rings (SSSR count). The van der Waals surface area contributed by atoms with Crippen LogP contribution >= 0.6 is 22.7 Å². The SMILES string of the molecule is CCOC(=O)c1c(-c2ccc(CC)cc2)csc1NC(=O)c1cccs1. The standard InChI is InChI=1S/C20H19NO3S2/c1-3-13-7-9-14(10-8-13)15-12-26-19(17(15)20(23)24-4-2)21-18(22)16-6-5-11-25-16/h5-12H,3-4H2,1-2H3,(H,21,22). The fourth-order valence-corrected chi connectivity index (χ4v) is 4.13. The van der Waals surface area contributed by atoms with Gasteiger partial charge >= 0.3 is 5.97 Å². The Bertz CT molecular complexity index is 896. The third-order valence-corrected chi connectivity index (χ3v) is 5.68. The second-order valence-electron chi connectivity index (χ2n) is 5.56. The van der Waals surface area contributed by atoms with E-state index in [-0.39, 0.29) is 12.5 Å². The van der Waals surface area contributed by atoms with Crippen LogP contribution in [0.1, 0.15) is 39.4 Å². The number of ether oxygens (including phenoxy) is 1. The number of carbonyl (C=O) groups is 2. The lowest BCUT2D eigenvalue weighted by molar-refractivity contribution is 0.0529. The molecule has 0 aliphatic heterocycles. The van der Waals surface area contributed by atoms with Gasteiger partial charge in [-0.15, -0.1) is 22.7 Å². The van der Waals surface area contributed by atoms with Crippen LogP contribution in [0.15, 0.2) is 47.2 Å². The van der Waals surface area contributed by atoms with Gasteiger partial charge in [0.25, 0.3) is 5.91 Å². The van der Waals surface area contributed by atoms with Gasteiger partial charge < -0.3 is 10.1 Å². The molecule has 1 aromatic carbocycles. The fourth-order valence-electron chi connectivity index (χ4n) is 2.56. The van der Waals surface area contributed by atoms with Crippen molar-refractivity contribution in [3.8, 4) is 11.1 Å². The third kappa shape index (κ3) is 3.86. The van der Waals surface area contributed by atoms with Gasteiger partial charge in [0.05, 0.1) is 11.5 Å². The molecule has 4 nitrogen and oxygen atoms in total. The Balaban J connectivity index is 1.97. The molecule has 2 heterocycles. The Kier molecular flexibility index (Phi) is 5.85. The van der Waals surface area contributed by atoms with Crippen molar-refractivity contribution in [2.45, 2.75) is 20.3 Å². The predicted molar refractivity (Wildman–Crippen MR) is 107 cm³/mol. The summed E-state index contributed by atoms with van der Waals surface area (Å²) in [6.45, 7) is 4.15. The maximum atomic E-state index is 12.5. The van der Waals surface area contributed by atoms with Crippen LogP contribution in [-0.4, -0.2) is 18.5 Å². The first kappa shape index (κ1) is 18.4. The molecule has 0 bridgehead atoms. The van der Waals surface area contributed by atoms with Crippen LogP contribution in [0.25, 0.3) is 11.1 Å². The zero-order valence-electron chi connectivity index (χ0n) is 14.6. The lowest BCUT2D eigenvalue weighted by atomic mass is 10.0. The second kappa shape index (κ2) is 8.29. The second-order valence-corrected chi connectivity index (χ2v) is 7.38. The van der Waals surface area contributed by atoms with E-state index in [1.807, 2.05) is 41.1 Å². The summed E-state index contributed by atoms with van der Waals surface area (Å²) >= 11 is 2.69. The first-order valence-corrected chi connectivity index (χ1v) is 10.1. The summed E-state index contributed by atoms with van der Waals surface area (Å²) < 4.78 is 5.23. The molecule has 3 aromatic rings. The van der Waals surface area contributed by atoms with Crippen LogP contribution in [-0.2, 0) is 11.2 Å². The molecule has 6 heteroatoms. The van der Waals surface area contributed by atoms with Crippen molar-refractivity contribution < 1.29 is 14.3 Å². The molecule has 134 valence electrons. The minimum atomic E-state index is -0.426. The maximum Gasteiger partial charge on any atom is 0.341 e. The van der Waals surface area contributed by atoms with E-state index in [0.717, 1.165) is 17.5 Å². The number of amides is 1. The monoisotopic (exact) mass is 385 g/mol. The van der Waals surface area contributed by atoms with Crippen LogP contribution in [0.3, 0.4) is 0 Å². The summed E-state index contributed by atoms with van der Waals surface area (Å²) in [4.78, 5) is 25.5. The number of esters is 1. The van der Waals surface area contributed by atoms with Crippen LogP contribution in [0.5, 0.6) is 0 Å². The third-order valence-electron chi connectivity index (χ3n) is 3.92. The van der Waals surface area contributed by atoms with Gasteiger partial charge in [-0.25, -0.2) is 4.79 Å². The Morgan fingerprint density at radius 1 is 1.08 bits per heavy atom. The van der Waals surface area contributed by atoms with Crippen LogP contribution in [0.4, 0.5) is 5.00 Å². The predicted octanol–water partition coefficient (Wildman–Crippen LogP) is 5.47. The van der Waals surface area contributed by atoms with Crippen LogP contribution in [0.2, 0.25) is 0 Å². The number of hydrogen-bond donors (Lipinski definition) is 1. The Morgan fingerprint density at radius 2 is 1.85 bits per heavy atom. The number of thiophene rings is 2. The number of nitrogens with one attached hydrogen (secondary N) is 1. The van der Waals surface area contributed by atoms with Gasteiger partial charge in [0, 0.05) is 10.9 Å². The molecule has 0 aliphatic rings. The molecule has 1 amide bonds. The highest BCUT2D eigenvalue weighted by molar-refractivity contribution is 7.15. The molecule has 0 spiro atoms. The number of anilines is 1. The van der Waals surface area contributed by atoms with Crippen LogP contribution < -0.4 is 5.32 Å². The van der Waals surface area contributed by atoms with Crippen molar-refractivity contribution in [3.05, 3.63) is 63.2 Å². The maximum absolute atomic E-state index is 12.5. The molecule has 0 unspecified atom stereocenters. The van der Waals surface area contributed by atoms with E-state index in [4.69, 9.17) is 4.74 Å². The zero-order valence-corrected chi connectivity index (χ0v) is 16.2. The van der Waals surface area contributed by atoms with Gasteiger partial charge in [-0.1, -0.05) is 37.3 Å². The van der Waals surface area contributed by atoms with E-state index in [2.05, 4.69) is 12.2 Å². The van der Waals surface area contributed by atoms with Gasteiger partial charge in [-0.3, -0.25) is 4.79 Å². The smallest absolute Gasteiger partial charge is 0.341 e. The molecule has 2 aromatic heterocycles. The average molecular weight is 386 g/mol. The lowest BCUT2D eigenvalue weighted by Gasteiger charge is -2.09. The Hall–Kier alpha value is -2.44. The highest BCUT2D eigenvalue weighted by Gasteiger charge is 2.23. The first-order valence-electron chi connectivity index (χ1n) is 8.36. The molecule has 0 saturated carbocycles. The largest absolute Gasteiger partial charge is 0.462 e. The van der Waals surface area contributed by atoms with E-state index < -0.39 is 5.97 Å². The topological polar surface area (TPSA) is 55.4 Å². The molecule has 0 radical (unpaired) electrons. The minimum Gasteiger partial charge on any atom is -0.462 e.